The van der Waals surface area contributed by atoms with Crippen molar-refractivity contribution in [3.8, 4) is 0 Å². The minimum Gasteiger partial charge on any atom is -0.295 e. The van der Waals surface area contributed by atoms with E-state index in [2.05, 4.69) is 0 Å². The molecule has 0 bridgehead atoms. The average Bonchev–Trinajstić information content (AvgIpc) is 2.12. The van der Waals surface area contributed by atoms with Gasteiger partial charge in [-0.3, -0.25) is 9.35 Å². The van der Waals surface area contributed by atoms with Gasteiger partial charge in [-0.1, -0.05) is 6.07 Å². The van der Waals surface area contributed by atoms with Gasteiger partial charge in [-0.05, 0) is 25.5 Å². The van der Waals surface area contributed by atoms with Gasteiger partial charge in [0.15, 0.2) is 5.78 Å². The third-order valence-corrected chi connectivity index (χ3v) is 3.39. The molecule has 0 aliphatic rings. The van der Waals surface area contributed by atoms with Crippen LogP contribution in [0.4, 0.5) is 13.2 Å². The topological polar surface area (TPSA) is 71.4 Å². The maximum atomic E-state index is 12.6. The minimum atomic E-state index is -5.08. The highest BCUT2D eigenvalue weighted by Crippen LogP contribution is 2.36. The van der Waals surface area contributed by atoms with Crippen molar-refractivity contribution in [3.05, 3.63) is 28.8 Å². The Morgan fingerprint density at radius 1 is 1.28 bits per heavy atom. The lowest BCUT2D eigenvalue weighted by Gasteiger charge is -2.15. The monoisotopic (exact) mass is 282 g/mol. The molecule has 8 heteroatoms. The Morgan fingerprint density at radius 2 is 1.78 bits per heavy atom. The Balaban J connectivity index is 3.80. The molecule has 0 radical (unpaired) electrons. The highest BCUT2D eigenvalue weighted by molar-refractivity contribution is 7.86. The molecule has 0 saturated heterocycles. The first kappa shape index (κ1) is 14.7. The number of hydrogen-bond donors (Lipinski definition) is 1. The first-order valence-electron chi connectivity index (χ1n) is 4.65. The summed E-state index contributed by atoms with van der Waals surface area (Å²) in [6.45, 7) is 2.12. The normalized spacial score (nSPS) is 12.6. The Morgan fingerprint density at radius 3 is 2.11 bits per heavy atom. The fraction of sp³-hybridized carbons (Fsp3) is 0.300. The number of Topliss-reactive ketones (excluding diaryl/α,β-unsaturated/α-hetero) is 1. The molecule has 0 unspecified atom stereocenters. The lowest BCUT2D eigenvalue weighted by molar-refractivity contribution is -0.140. The van der Waals surface area contributed by atoms with Gasteiger partial charge in [-0.15, -0.1) is 0 Å². The zero-order valence-electron chi connectivity index (χ0n) is 9.37. The van der Waals surface area contributed by atoms with Crippen LogP contribution < -0.4 is 0 Å². The number of hydrogen-bond acceptors (Lipinski definition) is 3. The Bertz CT molecular complexity index is 602. The van der Waals surface area contributed by atoms with Crippen molar-refractivity contribution in [1.82, 2.24) is 0 Å². The van der Waals surface area contributed by atoms with Crippen LogP contribution >= 0.6 is 0 Å². The third kappa shape index (κ3) is 2.70. The number of benzene rings is 1. The molecular weight excluding hydrogens is 273 g/mol. The van der Waals surface area contributed by atoms with E-state index in [1.165, 1.54) is 0 Å². The van der Waals surface area contributed by atoms with Crippen LogP contribution in [0, 0.1) is 6.92 Å². The molecule has 0 heterocycles. The Labute approximate surface area is 101 Å². The van der Waals surface area contributed by atoms with Crippen LogP contribution in [0.1, 0.15) is 28.4 Å². The van der Waals surface area contributed by atoms with Crippen LogP contribution in [0.15, 0.2) is 17.0 Å². The molecule has 0 aromatic heterocycles. The van der Waals surface area contributed by atoms with Crippen LogP contribution in [0.25, 0.3) is 0 Å². The summed E-state index contributed by atoms with van der Waals surface area (Å²) in [5.74, 6) is -0.592. The summed E-state index contributed by atoms with van der Waals surface area (Å²) >= 11 is 0. The van der Waals surface area contributed by atoms with E-state index in [1.807, 2.05) is 0 Å². The van der Waals surface area contributed by atoms with Gasteiger partial charge in [0.05, 0.1) is 5.56 Å². The number of halogens is 3. The van der Waals surface area contributed by atoms with E-state index in [4.69, 9.17) is 4.55 Å². The first-order chi connectivity index (χ1) is 7.96. The van der Waals surface area contributed by atoms with Gasteiger partial charge in [-0.2, -0.15) is 21.6 Å². The van der Waals surface area contributed by atoms with E-state index < -0.39 is 38.1 Å². The number of carbonyl (C=O) groups is 1. The van der Waals surface area contributed by atoms with Gasteiger partial charge in [0.25, 0.3) is 10.1 Å². The summed E-state index contributed by atoms with van der Waals surface area (Å²) in [5.41, 5.74) is -2.09. The van der Waals surface area contributed by atoms with E-state index in [0.29, 0.717) is 6.07 Å². The van der Waals surface area contributed by atoms with E-state index in [9.17, 15) is 26.4 Å². The second-order valence-corrected chi connectivity index (χ2v) is 5.00. The molecule has 0 aliphatic carbocycles. The van der Waals surface area contributed by atoms with E-state index in [0.717, 1.165) is 19.9 Å². The first-order valence-corrected chi connectivity index (χ1v) is 6.09. The summed E-state index contributed by atoms with van der Waals surface area (Å²) in [5, 5.41) is 0. The van der Waals surface area contributed by atoms with Gasteiger partial charge >= 0.3 is 6.18 Å². The van der Waals surface area contributed by atoms with Crippen molar-refractivity contribution < 1.29 is 30.9 Å². The van der Waals surface area contributed by atoms with Gasteiger partial charge in [0.1, 0.15) is 4.90 Å². The lowest BCUT2D eigenvalue weighted by atomic mass is 10.0. The van der Waals surface area contributed by atoms with Gasteiger partial charge in [0.2, 0.25) is 0 Å². The van der Waals surface area contributed by atoms with Crippen LogP contribution in [-0.4, -0.2) is 18.8 Å². The lowest BCUT2D eigenvalue weighted by Crippen LogP contribution is -2.16. The molecule has 1 aromatic carbocycles. The van der Waals surface area contributed by atoms with Crippen molar-refractivity contribution in [2.75, 3.05) is 0 Å². The van der Waals surface area contributed by atoms with Gasteiger partial charge < -0.3 is 0 Å². The predicted octanol–water partition coefficient (Wildman–Crippen LogP) is 2.46. The van der Waals surface area contributed by atoms with Crippen molar-refractivity contribution >= 4 is 15.9 Å². The summed E-state index contributed by atoms with van der Waals surface area (Å²) in [7, 11) is -5.08. The largest absolute Gasteiger partial charge is 0.417 e. The molecule has 0 saturated carbocycles. The predicted molar refractivity (Wildman–Crippen MR) is 56.0 cm³/mol. The second-order valence-electron chi connectivity index (χ2n) is 3.64. The summed E-state index contributed by atoms with van der Waals surface area (Å²) < 4.78 is 68.9. The molecule has 18 heavy (non-hydrogen) atoms. The Kier molecular flexibility index (Phi) is 3.55. The highest BCUT2D eigenvalue weighted by atomic mass is 32.2. The SMILES string of the molecule is CC(=O)c1ccc(C(F)(F)F)c(S(=O)(=O)O)c1C. The fourth-order valence-electron chi connectivity index (χ4n) is 1.63. The van der Waals surface area contributed by atoms with E-state index >= 15 is 0 Å². The molecule has 1 N–H and O–H groups in total. The zero-order chi connectivity index (χ0) is 14.3. The number of alkyl halides is 3. The average molecular weight is 282 g/mol. The molecule has 100 valence electrons. The standard InChI is InChI=1S/C10H9F3O4S/c1-5-7(6(2)14)3-4-8(10(11,12)13)9(5)18(15,16)17/h3-4H,1-2H3,(H,15,16,17). The van der Waals surface area contributed by atoms with Crippen molar-refractivity contribution in [1.29, 1.82) is 0 Å². The van der Waals surface area contributed by atoms with Crippen LogP contribution in [-0.2, 0) is 16.3 Å². The Hall–Kier alpha value is -1.41. The molecule has 0 atom stereocenters. The van der Waals surface area contributed by atoms with E-state index in [-0.39, 0.29) is 5.56 Å². The molecule has 0 aliphatic heterocycles. The molecule has 0 spiro atoms. The third-order valence-electron chi connectivity index (χ3n) is 2.35. The van der Waals surface area contributed by atoms with Crippen LogP contribution in [0.3, 0.4) is 0 Å². The number of ketones is 1. The summed E-state index contributed by atoms with van der Waals surface area (Å²) in [6, 6.07) is 1.35. The molecule has 4 nitrogen and oxygen atoms in total. The number of rotatable bonds is 2. The van der Waals surface area contributed by atoms with Crippen LogP contribution in [0.5, 0.6) is 0 Å². The molecule has 0 amide bonds. The maximum Gasteiger partial charge on any atom is 0.417 e. The van der Waals surface area contributed by atoms with Gasteiger partial charge in [0, 0.05) is 5.56 Å². The number of carbonyl (C=O) groups excluding carboxylic acids is 1. The smallest absolute Gasteiger partial charge is 0.295 e. The maximum absolute atomic E-state index is 12.6. The molecule has 1 rings (SSSR count). The van der Waals surface area contributed by atoms with Crippen LogP contribution in [0.2, 0.25) is 0 Å². The second kappa shape index (κ2) is 4.36. The van der Waals surface area contributed by atoms with E-state index in [1.54, 1.807) is 0 Å². The van der Waals surface area contributed by atoms with Crippen molar-refractivity contribution in [2.24, 2.45) is 0 Å². The molecular formula is C10H9F3O4S. The molecule has 0 fully saturated rings. The highest BCUT2D eigenvalue weighted by Gasteiger charge is 2.38. The molecule has 1 aromatic rings. The van der Waals surface area contributed by atoms with Gasteiger partial charge in [-0.25, -0.2) is 0 Å². The van der Waals surface area contributed by atoms with Crippen molar-refractivity contribution in [2.45, 2.75) is 24.9 Å². The minimum absolute atomic E-state index is 0.185. The van der Waals surface area contributed by atoms with Crippen molar-refractivity contribution in [3.63, 3.8) is 0 Å². The quantitative estimate of drug-likeness (QED) is 0.668. The summed E-state index contributed by atoms with van der Waals surface area (Å²) in [6.07, 6.45) is -4.94. The summed E-state index contributed by atoms with van der Waals surface area (Å²) in [4.78, 5) is 9.87. The zero-order valence-corrected chi connectivity index (χ0v) is 10.2. The fourth-order valence-corrected chi connectivity index (χ4v) is 2.59.